The maximum absolute atomic E-state index is 12.3. The van der Waals surface area contributed by atoms with Gasteiger partial charge in [0.1, 0.15) is 11.4 Å². The maximum atomic E-state index is 12.3. The van der Waals surface area contributed by atoms with Crippen LogP contribution in [0.3, 0.4) is 0 Å². The SMILES string of the molecule is CCCN(CCO)C(=O)Nc1ccccc1OC(C)(C)C. The third kappa shape index (κ3) is 6.04. The minimum Gasteiger partial charge on any atom is -0.486 e. The summed E-state index contributed by atoms with van der Waals surface area (Å²) < 4.78 is 5.85. The highest BCUT2D eigenvalue weighted by Crippen LogP contribution is 2.27. The van der Waals surface area contributed by atoms with Crippen molar-refractivity contribution in [2.24, 2.45) is 0 Å². The highest BCUT2D eigenvalue weighted by atomic mass is 16.5. The molecule has 118 valence electrons. The number of rotatable bonds is 6. The van der Waals surface area contributed by atoms with Crippen LogP contribution in [0.4, 0.5) is 10.5 Å². The number of para-hydroxylation sites is 2. The maximum Gasteiger partial charge on any atom is 0.322 e. The normalized spacial score (nSPS) is 11.1. The van der Waals surface area contributed by atoms with Crippen LogP contribution in [-0.2, 0) is 0 Å². The van der Waals surface area contributed by atoms with E-state index < -0.39 is 0 Å². The lowest BCUT2D eigenvalue weighted by Gasteiger charge is -2.25. The number of anilines is 1. The number of nitrogens with zero attached hydrogens (tertiary/aromatic N) is 1. The second-order valence-electron chi connectivity index (χ2n) is 5.85. The van der Waals surface area contributed by atoms with Gasteiger partial charge < -0.3 is 20.1 Å². The number of carbonyl (C=O) groups is 1. The fourth-order valence-corrected chi connectivity index (χ4v) is 1.89. The van der Waals surface area contributed by atoms with Crippen molar-refractivity contribution >= 4 is 11.7 Å². The van der Waals surface area contributed by atoms with Crippen molar-refractivity contribution in [2.75, 3.05) is 25.0 Å². The zero-order valence-electron chi connectivity index (χ0n) is 13.3. The van der Waals surface area contributed by atoms with Crippen LogP contribution < -0.4 is 10.1 Å². The van der Waals surface area contributed by atoms with Crippen LogP contribution in [0, 0.1) is 0 Å². The lowest BCUT2D eigenvalue weighted by atomic mass is 10.2. The van der Waals surface area contributed by atoms with Gasteiger partial charge in [0.25, 0.3) is 0 Å². The molecule has 0 spiro atoms. The summed E-state index contributed by atoms with van der Waals surface area (Å²) >= 11 is 0. The number of benzene rings is 1. The summed E-state index contributed by atoms with van der Waals surface area (Å²) in [5.74, 6) is 0.638. The molecule has 21 heavy (non-hydrogen) atoms. The summed E-state index contributed by atoms with van der Waals surface area (Å²) in [7, 11) is 0. The zero-order chi connectivity index (χ0) is 15.9. The van der Waals surface area contributed by atoms with E-state index in [-0.39, 0.29) is 18.2 Å². The first-order chi connectivity index (χ1) is 9.87. The molecule has 0 aromatic heterocycles. The molecule has 0 saturated carbocycles. The van der Waals surface area contributed by atoms with Crippen molar-refractivity contribution in [3.8, 4) is 5.75 Å². The molecule has 0 heterocycles. The molecule has 0 aliphatic rings. The summed E-state index contributed by atoms with van der Waals surface area (Å²) in [6, 6.07) is 7.13. The van der Waals surface area contributed by atoms with Crippen LogP contribution in [0.25, 0.3) is 0 Å². The van der Waals surface area contributed by atoms with Crippen molar-refractivity contribution in [3.63, 3.8) is 0 Å². The molecule has 5 heteroatoms. The Labute approximate surface area is 126 Å². The standard InChI is InChI=1S/C16H26N2O3/c1-5-10-18(11-12-19)15(20)17-13-8-6-7-9-14(13)21-16(2,3)4/h6-9,19H,5,10-12H2,1-4H3,(H,17,20). The van der Waals surface area contributed by atoms with Crippen molar-refractivity contribution in [1.29, 1.82) is 0 Å². The van der Waals surface area contributed by atoms with Gasteiger partial charge in [-0.25, -0.2) is 4.79 Å². The minimum atomic E-state index is -0.338. The predicted octanol–water partition coefficient (Wildman–Crippen LogP) is 3.10. The molecule has 0 radical (unpaired) electrons. The van der Waals surface area contributed by atoms with E-state index in [0.717, 1.165) is 6.42 Å². The molecule has 1 aromatic carbocycles. The first kappa shape index (κ1) is 17.3. The van der Waals surface area contributed by atoms with Crippen LogP contribution >= 0.6 is 0 Å². The van der Waals surface area contributed by atoms with Gasteiger partial charge in [-0.05, 0) is 39.3 Å². The largest absolute Gasteiger partial charge is 0.486 e. The van der Waals surface area contributed by atoms with Gasteiger partial charge in [0, 0.05) is 13.1 Å². The van der Waals surface area contributed by atoms with E-state index in [4.69, 9.17) is 9.84 Å². The molecule has 0 fully saturated rings. The smallest absolute Gasteiger partial charge is 0.322 e. The number of hydrogen-bond donors (Lipinski definition) is 2. The molecule has 1 aromatic rings. The van der Waals surface area contributed by atoms with Gasteiger partial charge in [-0.2, -0.15) is 0 Å². The van der Waals surface area contributed by atoms with Gasteiger partial charge >= 0.3 is 6.03 Å². The lowest BCUT2D eigenvalue weighted by Crippen LogP contribution is -2.37. The highest BCUT2D eigenvalue weighted by molar-refractivity contribution is 5.91. The van der Waals surface area contributed by atoms with Gasteiger partial charge in [-0.1, -0.05) is 19.1 Å². The van der Waals surface area contributed by atoms with Gasteiger partial charge in [0.15, 0.2) is 0 Å². The van der Waals surface area contributed by atoms with E-state index in [1.165, 1.54) is 0 Å². The molecule has 0 atom stereocenters. The Bertz CT molecular complexity index is 449. The summed E-state index contributed by atoms with van der Waals surface area (Å²) in [5, 5.41) is 11.9. The molecule has 2 N–H and O–H groups in total. The molecule has 1 rings (SSSR count). The Hall–Kier alpha value is -1.75. The van der Waals surface area contributed by atoms with Crippen molar-refractivity contribution < 1.29 is 14.6 Å². The Morgan fingerprint density at radius 2 is 1.95 bits per heavy atom. The van der Waals surface area contributed by atoms with E-state index in [1.54, 1.807) is 4.90 Å². The summed E-state index contributed by atoms with van der Waals surface area (Å²) in [6.07, 6.45) is 0.841. The Morgan fingerprint density at radius 1 is 1.29 bits per heavy atom. The van der Waals surface area contributed by atoms with Crippen molar-refractivity contribution in [1.82, 2.24) is 4.90 Å². The number of aliphatic hydroxyl groups excluding tert-OH is 1. The quantitative estimate of drug-likeness (QED) is 0.847. The minimum absolute atomic E-state index is 0.0481. The van der Waals surface area contributed by atoms with Crippen molar-refractivity contribution in [2.45, 2.75) is 39.7 Å². The molecular weight excluding hydrogens is 268 g/mol. The van der Waals surface area contributed by atoms with E-state index in [9.17, 15) is 4.79 Å². The summed E-state index contributed by atoms with van der Waals surface area (Å²) in [4.78, 5) is 13.8. The monoisotopic (exact) mass is 294 g/mol. The van der Waals surface area contributed by atoms with E-state index in [0.29, 0.717) is 24.5 Å². The molecule has 0 aliphatic heterocycles. The number of urea groups is 1. The third-order valence-corrected chi connectivity index (χ3v) is 2.70. The molecule has 0 aliphatic carbocycles. The van der Waals surface area contributed by atoms with E-state index >= 15 is 0 Å². The molecule has 2 amide bonds. The molecule has 0 saturated heterocycles. The topological polar surface area (TPSA) is 61.8 Å². The average molecular weight is 294 g/mol. The van der Waals surface area contributed by atoms with Crippen LogP contribution in [0.1, 0.15) is 34.1 Å². The van der Waals surface area contributed by atoms with E-state index in [2.05, 4.69) is 5.32 Å². The Morgan fingerprint density at radius 3 is 2.52 bits per heavy atom. The van der Waals surface area contributed by atoms with Crippen LogP contribution in [0.5, 0.6) is 5.75 Å². The Kier molecular flexibility index (Phi) is 6.49. The first-order valence-corrected chi connectivity index (χ1v) is 7.32. The lowest BCUT2D eigenvalue weighted by molar-refractivity contribution is 0.131. The fraction of sp³-hybridized carbons (Fsp3) is 0.562. The third-order valence-electron chi connectivity index (χ3n) is 2.70. The average Bonchev–Trinajstić information content (AvgIpc) is 2.39. The summed E-state index contributed by atoms with van der Waals surface area (Å²) in [5.41, 5.74) is 0.297. The van der Waals surface area contributed by atoms with Crippen LogP contribution in [0.15, 0.2) is 24.3 Å². The number of amides is 2. The van der Waals surface area contributed by atoms with Gasteiger partial charge in [-0.15, -0.1) is 0 Å². The Balaban J connectivity index is 2.84. The van der Waals surface area contributed by atoms with Gasteiger partial charge in [0.05, 0.1) is 12.3 Å². The highest BCUT2D eigenvalue weighted by Gasteiger charge is 2.17. The molecule has 5 nitrogen and oxygen atoms in total. The summed E-state index contributed by atoms with van der Waals surface area (Å²) in [6.45, 7) is 8.75. The second kappa shape index (κ2) is 7.88. The number of ether oxygens (including phenoxy) is 1. The number of nitrogens with one attached hydrogen (secondary N) is 1. The number of carbonyl (C=O) groups excluding carboxylic acids is 1. The molecule has 0 bridgehead atoms. The van der Waals surface area contributed by atoms with E-state index in [1.807, 2.05) is 52.0 Å². The predicted molar refractivity (Wildman–Crippen MR) is 84.8 cm³/mol. The number of hydrogen-bond acceptors (Lipinski definition) is 3. The molecule has 0 unspecified atom stereocenters. The van der Waals surface area contributed by atoms with Crippen molar-refractivity contribution in [3.05, 3.63) is 24.3 Å². The van der Waals surface area contributed by atoms with Crippen LogP contribution in [-0.4, -0.2) is 41.3 Å². The molecular formula is C16H26N2O3. The second-order valence-corrected chi connectivity index (χ2v) is 5.85. The fourth-order valence-electron chi connectivity index (χ4n) is 1.89. The van der Waals surface area contributed by atoms with Gasteiger partial charge in [-0.3, -0.25) is 0 Å². The first-order valence-electron chi connectivity index (χ1n) is 7.32. The van der Waals surface area contributed by atoms with Crippen LogP contribution in [0.2, 0.25) is 0 Å². The number of aliphatic hydroxyl groups is 1. The van der Waals surface area contributed by atoms with Gasteiger partial charge in [0.2, 0.25) is 0 Å². The zero-order valence-corrected chi connectivity index (χ0v) is 13.3.